The number of carboxylic acids is 1. The number of anilines is 1. The van der Waals surface area contributed by atoms with Crippen LogP contribution in [0.1, 0.15) is 12.5 Å². The first-order valence-corrected chi connectivity index (χ1v) is 4.72. The Morgan fingerprint density at radius 1 is 1.44 bits per heavy atom. The maximum atomic E-state index is 13.0. The standard InChI is InChI=1S/C11H8FN3O3/c1-6(16)10(11(17)18)15-14-9-3-7(5-13)2-8(12)4-9/h2-4,14H,1H3,(H,17,18)/b15-10+. The van der Waals surface area contributed by atoms with Gasteiger partial charge in [-0.05, 0) is 18.2 Å². The van der Waals surface area contributed by atoms with Crippen molar-refractivity contribution in [2.75, 3.05) is 5.43 Å². The molecule has 0 aliphatic rings. The molecule has 0 amide bonds. The molecule has 0 unspecified atom stereocenters. The highest BCUT2D eigenvalue weighted by atomic mass is 19.1. The number of carbonyl (C=O) groups is 2. The lowest BCUT2D eigenvalue weighted by Gasteiger charge is -2.02. The summed E-state index contributed by atoms with van der Waals surface area (Å²) in [4.78, 5) is 21.6. The van der Waals surface area contributed by atoms with Crippen LogP contribution in [0.5, 0.6) is 0 Å². The van der Waals surface area contributed by atoms with Crippen LogP contribution in [0.4, 0.5) is 10.1 Å². The van der Waals surface area contributed by atoms with Crippen LogP contribution < -0.4 is 5.43 Å². The molecule has 0 aromatic heterocycles. The van der Waals surface area contributed by atoms with E-state index in [1.807, 2.05) is 0 Å². The summed E-state index contributed by atoms with van der Waals surface area (Å²) in [6, 6.07) is 5.03. The van der Waals surface area contributed by atoms with Crippen molar-refractivity contribution in [3.8, 4) is 6.07 Å². The van der Waals surface area contributed by atoms with Gasteiger partial charge in [-0.15, -0.1) is 0 Å². The van der Waals surface area contributed by atoms with E-state index in [0.29, 0.717) is 0 Å². The zero-order valence-electron chi connectivity index (χ0n) is 9.27. The van der Waals surface area contributed by atoms with Crippen LogP contribution in [0, 0.1) is 17.1 Å². The Labute approximate surface area is 101 Å². The molecule has 18 heavy (non-hydrogen) atoms. The van der Waals surface area contributed by atoms with Crippen molar-refractivity contribution >= 4 is 23.2 Å². The molecule has 1 rings (SSSR count). The third kappa shape index (κ3) is 3.38. The molecular weight excluding hydrogens is 241 g/mol. The number of nitriles is 1. The lowest BCUT2D eigenvalue weighted by Crippen LogP contribution is -2.22. The summed E-state index contributed by atoms with van der Waals surface area (Å²) in [7, 11) is 0. The SMILES string of the molecule is CC(=O)/C(=N\Nc1cc(F)cc(C#N)c1)C(=O)O. The number of halogens is 1. The highest BCUT2D eigenvalue weighted by Crippen LogP contribution is 2.13. The zero-order chi connectivity index (χ0) is 13.7. The Hall–Kier alpha value is -2.75. The van der Waals surface area contributed by atoms with Gasteiger partial charge in [-0.25, -0.2) is 9.18 Å². The summed E-state index contributed by atoms with van der Waals surface area (Å²) >= 11 is 0. The molecule has 0 radical (unpaired) electrons. The molecule has 0 heterocycles. The van der Waals surface area contributed by atoms with Gasteiger partial charge in [-0.2, -0.15) is 10.4 Å². The second-order valence-electron chi connectivity index (χ2n) is 3.27. The topological polar surface area (TPSA) is 103 Å². The molecule has 1 aromatic carbocycles. The average molecular weight is 249 g/mol. The molecule has 7 heteroatoms. The van der Waals surface area contributed by atoms with Gasteiger partial charge in [0.05, 0.1) is 17.3 Å². The number of carboxylic acid groups (broad SMARTS) is 1. The van der Waals surface area contributed by atoms with Gasteiger partial charge in [-0.1, -0.05) is 0 Å². The fourth-order valence-corrected chi connectivity index (χ4v) is 1.12. The predicted octanol–water partition coefficient (Wildman–Crippen LogP) is 1.14. The van der Waals surface area contributed by atoms with Crippen molar-refractivity contribution < 1.29 is 19.1 Å². The van der Waals surface area contributed by atoms with Crippen LogP contribution in [0.3, 0.4) is 0 Å². The summed E-state index contributed by atoms with van der Waals surface area (Å²) in [6.45, 7) is 1.04. The Kier molecular flexibility index (Phi) is 4.10. The van der Waals surface area contributed by atoms with E-state index in [4.69, 9.17) is 10.4 Å². The Morgan fingerprint density at radius 2 is 2.11 bits per heavy atom. The number of nitrogens with zero attached hydrogens (tertiary/aromatic N) is 2. The fourth-order valence-electron chi connectivity index (χ4n) is 1.12. The number of nitrogens with one attached hydrogen (secondary N) is 1. The summed E-state index contributed by atoms with van der Waals surface area (Å²) < 4.78 is 13.0. The largest absolute Gasteiger partial charge is 0.476 e. The van der Waals surface area contributed by atoms with E-state index >= 15 is 0 Å². The Morgan fingerprint density at radius 3 is 2.61 bits per heavy atom. The number of hydrazone groups is 1. The van der Waals surface area contributed by atoms with Gasteiger partial charge in [0.2, 0.25) is 5.71 Å². The number of aliphatic carboxylic acids is 1. The molecule has 0 bridgehead atoms. The molecule has 0 fully saturated rings. The molecule has 1 aromatic rings. The zero-order valence-corrected chi connectivity index (χ0v) is 9.27. The van der Waals surface area contributed by atoms with E-state index in [1.54, 1.807) is 6.07 Å². The lowest BCUT2D eigenvalue weighted by atomic mass is 10.2. The monoisotopic (exact) mass is 249 g/mol. The molecule has 0 saturated heterocycles. The van der Waals surface area contributed by atoms with Gasteiger partial charge in [0.15, 0.2) is 5.78 Å². The molecule has 6 nitrogen and oxygen atoms in total. The van der Waals surface area contributed by atoms with Crippen LogP contribution in [0.15, 0.2) is 23.3 Å². The molecule has 0 atom stereocenters. The van der Waals surface area contributed by atoms with Crippen molar-refractivity contribution in [3.63, 3.8) is 0 Å². The number of ketones is 1. The normalized spacial score (nSPS) is 10.6. The van der Waals surface area contributed by atoms with Crippen LogP contribution in [-0.2, 0) is 9.59 Å². The van der Waals surface area contributed by atoms with Gasteiger partial charge >= 0.3 is 5.97 Å². The van der Waals surface area contributed by atoms with Crippen LogP contribution in [0.2, 0.25) is 0 Å². The highest BCUT2D eigenvalue weighted by Gasteiger charge is 2.14. The summed E-state index contributed by atoms with van der Waals surface area (Å²) in [5.74, 6) is -2.91. The van der Waals surface area contributed by atoms with Gasteiger partial charge < -0.3 is 5.11 Å². The first-order valence-electron chi connectivity index (χ1n) is 4.72. The van der Waals surface area contributed by atoms with Gasteiger partial charge in [0.25, 0.3) is 0 Å². The van der Waals surface area contributed by atoms with Crippen molar-refractivity contribution in [1.82, 2.24) is 0 Å². The number of hydrogen-bond acceptors (Lipinski definition) is 5. The van der Waals surface area contributed by atoms with E-state index in [0.717, 1.165) is 19.1 Å². The van der Waals surface area contributed by atoms with E-state index in [1.165, 1.54) is 6.07 Å². The Bertz CT molecular complexity index is 559. The number of benzene rings is 1. The third-order valence-electron chi connectivity index (χ3n) is 1.86. The minimum Gasteiger partial charge on any atom is -0.476 e. The van der Waals surface area contributed by atoms with Crippen LogP contribution >= 0.6 is 0 Å². The second kappa shape index (κ2) is 5.54. The predicted molar refractivity (Wildman–Crippen MR) is 60.5 cm³/mol. The van der Waals surface area contributed by atoms with Crippen molar-refractivity contribution in [3.05, 3.63) is 29.6 Å². The molecule has 0 saturated carbocycles. The third-order valence-corrected chi connectivity index (χ3v) is 1.86. The minimum absolute atomic E-state index is 0.0485. The molecule has 0 spiro atoms. The van der Waals surface area contributed by atoms with Gasteiger partial charge in [-0.3, -0.25) is 10.2 Å². The van der Waals surface area contributed by atoms with Crippen LogP contribution in [0.25, 0.3) is 0 Å². The molecule has 2 N–H and O–H groups in total. The smallest absolute Gasteiger partial charge is 0.360 e. The quantitative estimate of drug-likeness (QED) is 0.473. The number of hydrogen-bond donors (Lipinski definition) is 2. The molecule has 0 aliphatic heterocycles. The fraction of sp³-hybridized carbons (Fsp3) is 0.0909. The van der Waals surface area contributed by atoms with E-state index < -0.39 is 23.3 Å². The second-order valence-corrected chi connectivity index (χ2v) is 3.27. The average Bonchev–Trinajstić information content (AvgIpc) is 2.27. The summed E-state index contributed by atoms with van der Waals surface area (Å²) in [5.41, 5.74) is 1.63. The van der Waals surface area contributed by atoms with Crippen molar-refractivity contribution in [2.45, 2.75) is 6.92 Å². The first-order chi connectivity index (χ1) is 8.43. The maximum Gasteiger partial charge on any atom is 0.360 e. The number of rotatable bonds is 4. The van der Waals surface area contributed by atoms with Gasteiger partial charge in [0.1, 0.15) is 5.82 Å². The molecular formula is C11H8FN3O3. The Balaban J connectivity index is 3.02. The van der Waals surface area contributed by atoms with Gasteiger partial charge in [0, 0.05) is 6.92 Å². The number of carbonyl (C=O) groups excluding carboxylic acids is 1. The summed E-state index contributed by atoms with van der Waals surface area (Å²) in [5, 5.41) is 20.6. The lowest BCUT2D eigenvalue weighted by molar-refractivity contribution is -0.130. The highest BCUT2D eigenvalue weighted by molar-refractivity contribution is 6.63. The molecule has 0 aliphatic carbocycles. The van der Waals surface area contributed by atoms with E-state index in [9.17, 15) is 14.0 Å². The van der Waals surface area contributed by atoms with Crippen LogP contribution in [-0.4, -0.2) is 22.6 Å². The van der Waals surface area contributed by atoms with E-state index in [2.05, 4.69) is 10.5 Å². The van der Waals surface area contributed by atoms with Crippen molar-refractivity contribution in [1.29, 1.82) is 5.26 Å². The minimum atomic E-state index is -1.49. The van der Waals surface area contributed by atoms with E-state index in [-0.39, 0.29) is 11.3 Å². The maximum absolute atomic E-state index is 13.0. The molecule has 92 valence electrons. The first kappa shape index (κ1) is 13.3. The summed E-state index contributed by atoms with van der Waals surface area (Å²) in [6.07, 6.45) is 0. The van der Waals surface area contributed by atoms with Crippen molar-refractivity contribution in [2.24, 2.45) is 5.10 Å². The number of Topliss-reactive ketones (excluding diaryl/α,β-unsaturated/α-hetero) is 1.